The number of halogens is 3. The minimum absolute atomic E-state index is 0.0898. The zero-order chi connectivity index (χ0) is 20.4. The first kappa shape index (κ1) is 20.8. The summed E-state index contributed by atoms with van der Waals surface area (Å²) in [6.45, 7) is 0. The fourth-order valence-corrected chi connectivity index (χ4v) is 6.61. The third-order valence-electron chi connectivity index (χ3n) is 4.75. The highest BCUT2D eigenvalue weighted by atomic mass is 32.2. The van der Waals surface area contributed by atoms with Crippen LogP contribution in [-0.4, -0.2) is 25.7 Å². The van der Waals surface area contributed by atoms with Crippen LogP contribution >= 0.6 is 23.7 Å². The van der Waals surface area contributed by atoms with Crippen molar-refractivity contribution in [3.8, 4) is 0 Å². The molecule has 3 nitrogen and oxygen atoms in total. The molecule has 1 aliphatic heterocycles. The molecular weight excluding hydrogens is 437 g/mol. The smallest absolute Gasteiger partial charge is 0.261 e. The van der Waals surface area contributed by atoms with E-state index in [9.17, 15) is 17.4 Å². The van der Waals surface area contributed by atoms with Gasteiger partial charge in [-0.25, -0.2) is 4.21 Å². The molecule has 0 saturated carbocycles. The second-order valence-electron chi connectivity index (χ2n) is 6.69. The number of alkyl halides is 3. The van der Waals surface area contributed by atoms with Crippen molar-refractivity contribution in [2.45, 2.75) is 34.9 Å². The summed E-state index contributed by atoms with van der Waals surface area (Å²) in [4.78, 5) is 0.978. The van der Waals surface area contributed by atoms with E-state index in [1.807, 2.05) is 17.8 Å². The van der Waals surface area contributed by atoms with E-state index in [1.54, 1.807) is 36.5 Å². The monoisotopic (exact) mass is 456 g/mol. The van der Waals surface area contributed by atoms with Gasteiger partial charge in [0.25, 0.3) is 0 Å². The van der Waals surface area contributed by atoms with Crippen LogP contribution in [0.5, 0.6) is 0 Å². The molecule has 2 aromatic carbocycles. The normalized spacial score (nSPS) is 16.9. The summed E-state index contributed by atoms with van der Waals surface area (Å²) in [6, 6.07) is 13.1. The van der Waals surface area contributed by atoms with Gasteiger partial charge < -0.3 is 0 Å². The van der Waals surface area contributed by atoms with Gasteiger partial charge in [-0.1, -0.05) is 24.3 Å². The minimum atomic E-state index is -4.49. The molecule has 4 rings (SSSR count). The van der Waals surface area contributed by atoms with E-state index in [4.69, 9.17) is 0 Å². The number of benzene rings is 2. The van der Waals surface area contributed by atoms with Crippen LogP contribution in [0.3, 0.4) is 0 Å². The maximum absolute atomic E-state index is 13.7. The topological polar surface area (TPSA) is 34.0 Å². The van der Waals surface area contributed by atoms with Crippen LogP contribution in [0.15, 0.2) is 64.5 Å². The largest absolute Gasteiger partial charge is 0.417 e. The zero-order valence-electron chi connectivity index (χ0n) is 15.3. The van der Waals surface area contributed by atoms with E-state index in [2.05, 4.69) is 4.72 Å². The highest BCUT2D eigenvalue weighted by Gasteiger charge is 2.35. The third kappa shape index (κ3) is 4.52. The van der Waals surface area contributed by atoms with E-state index >= 15 is 0 Å². The SMILES string of the molecule is O=S(c1ccccc1)n1cc(SNC2CCSCC2)c2c(C(F)(F)F)cccc21. The molecule has 0 bridgehead atoms. The molecule has 0 spiro atoms. The Bertz CT molecular complexity index is 1010. The summed E-state index contributed by atoms with van der Waals surface area (Å²) < 4.78 is 59.0. The van der Waals surface area contributed by atoms with E-state index in [1.165, 1.54) is 22.0 Å². The van der Waals surface area contributed by atoms with Crippen LogP contribution in [0.1, 0.15) is 18.4 Å². The number of hydrogen-bond acceptors (Lipinski definition) is 4. The summed E-state index contributed by atoms with van der Waals surface area (Å²) in [5.41, 5.74) is -0.396. The van der Waals surface area contributed by atoms with Crippen LogP contribution < -0.4 is 4.72 Å². The fourth-order valence-electron chi connectivity index (χ4n) is 3.29. The average molecular weight is 457 g/mol. The molecule has 1 saturated heterocycles. The minimum Gasteiger partial charge on any atom is -0.261 e. The van der Waals surface area contributed by atoms with Crippen LogP contribution in [-0.2, 0) is 17.2 Å². The maximum Gasteiger partial charge on any atom is 0.417 e. The number of rotatable bonds is 5. The van der Waals surface area contributed by atoms with Gasteiger partial charge in [0.05, 0.1) is 20.9 Å². The molecule has 29 heavy (non-hydrogen) atoms. The average Bonchev–Trinajstić information content (AvgIpc) is 3.11. The molecule has 1 aromatic heterocycles. The lowest BCUT2D eigenvalue weighted by atomic mass is 10.1. The first-order chi connectivity index (χ1) is 13.9. The first-order valence-electron chi connectivity index (χ1n) is 9.14. The number of thioether (sulfide) groups is 1. The van der Waals surface area contributed by atoms with Gasteiger partial charge in [-0.3, -0.25) is 8.69 Å². The second kappa shape index (κ2) is 8.75. The molecule has 0 aliphatic carbocycles. The van der Waals surface area contributed by atoms with Crippen LogP contribution in [0.25, 0.3) is 10.9 Å². The standard InChI is InChI=1S/C20H19F3N2OS3/c21-20(22,23)16-7-4-8-17-19(16)18(28-24-14-9-11-27-12-10-14)13-25(17)29(26)15-5-2-1-3-6-15/h1-8,13-14,24H,9-12H2. The maximum atomic E-state index is 13.7. The first-order valence-corrected chi connectivity index (χ1v) is 12.2. The molecule has 1 N–H and O–H groups in total. The summed E-state index contributed by atoms with van der Waals surface area (Å²) in [5, 5.41) is 0.0898. The quantitative estimate of drug-likeness (QED) is 0.498. The highest BCUT2D eigenvalue weighted by molar-refractivity contribution is 7.99. The zero-order valence-corrected chi connectivity index (χ0v) is 17.8. The van der Waals surface area contributed by atoms with Crippen LogP contribution in [0.4, 0.5) is 13.2 Å². The molecule has 1 atom stereocenters. The Morgan fingerprint density at radius 2 is 1.79 bits per heavy atom. The molecule has 1 aliphatic rings. The van der Waals surface area contributed by atoms with Crippen molar-refractivity contribution in [1.29, 1.82) is 0 Å². The van der Waals surface area contributed by atoms with Crippen molar-refractivity contribution in [3.05, 3.63) is 60.3 Å². The van der Waals surface area contributed by atoms with Gasteiger partial charge in [0.15, 0.2) is 11.0 Å². The molecule has 9 heteroatoms. The Labute approximate surface area is 178 Å². The Kier molecular flexibility index (Phi) is 6.29. The van der Waals surface area contributed by atoms with Crippen molar-refractivity contribution >= 4 is 45.6 Å². The van der Waals surface area contributed by atoms with Crippen molar-refractivity contribution in [1.82, 2.24) is 8.69 Å². The summed E-state index contributed by atoms with van der Waals surface area (Å²) >= 11 is 3.10. The summed E-state index contributed by atoms with van der Waals surface area (Å²) in [7, 11) is -1.64. The lowest BCUT2D eigenvalue weighted by Crippen LogP contribution is -2.27. The van der Waals surface area contributed by atoms with E-state index in [0.29, 0.717) is 15.3 Å². The lowest BCUT2D eigenvalue weighted by molar-refractivity contribution is -0.136. The van der Waals surface area contributed by atoms with E-state index in [-0.39, 0.29) is 11.4 Å². The Hall–Kier alpha value is -1.42. The Balaban J connectivity index is 1.77. The van der Waals surface area contributed by atoms with Gasteiger partial charge in [0.2, 0.25) is 0 Å². The molecule has 0 radical (unpaired) electrons. The number of nitrogens with one attached hydrogen (secondary N) is 1. The van der Waals surface area contributed by atoms with Gasteiger partial charge in [-0.15, -0.1) is 0 Å². The van der Waals surface area contributed by atoms with Crippen molar-refractivity contribution in [3.63, 3.8) is 0 Å². The number of nitrogens with zero attached hydrogens (tertiary/aromatic N) is 1. The van der Waals surface area contributed by atoms with Gasteiger partial charge in [-0.05, 0) is 60.6 Å². The Morgan fingerprint density at radius 1 is 1.07 bits per heavy atom. The lowest BCUT2D eigenvalue weighted by Gasteiger charge is -2.21. The molecule has 1 fully saturated rings. The van der Waals surface area contributed by atoms with Gasteiger partial charge in [0.1, 0.15) is 0 Å². The van der Waals surface area contributed by atoms with E-state index < -0.39 is 22.7 Å². The number of fused-ring (bicyclic) bond motifs is 1. The predicted molar refractivity (Wildman–Crippen MR) is 115 cm³/mol. The molecule has 1 unspecified atom stereocenters. The third-order valence-corrected chi connectivity index (χ3v) is 8.11. The molecular formula is C20H19F3N2OS3. The molecule has 3 aromatic rings. The molecule has 0 amide bonds. The predicted octanol–water partition coefficient (Wildman–Crippen LogP) is 5.72. The van der Waals surface area contributed by atoms with Gasteiger partial charge >= 0.3 is 6.18 Å². The van der Waals surface area contributed by atoms with Gasteiger partial charge in [0, 0.05) is 17.6 Å². The fraction of sp³-hybridized carbons (Fsp3) is 0.300. The number of hydrogen-bond donors (Lipinski definition) is 1. The summed E-state index contributed by atoms with van der Waals surface area (Å²) in [5.74, 6) is 2.09. The van der Waals surface area contributed by atoms with E-state index in [0.717, 1.165) is 30.4 Å². The molecule has 154 valence electrons. The van der Waals surface area contributed by atoms with Gasteiger partial charge in [-0.2, -0.15) is 24.9 Å². The van der Waals surface area contributed by atoms with Crippen LogP contribution in [0.2, 0.25) is 0 Å². The molecule has 2 heterocycles. The second-order valence-corrected chi connectivity index (χ2v) is 10.2. The number of aromatic nitrogens is 1. The van der Waals surface area contributed by atoms with Crippen molar-refractivity contribution < 1.29 is 17.4 Å². The van der Waals surface area contributed by atoms with Crippen molar-refractivity contribution in [2.24, 2.45) is 0 Å². The summed E-state index contributed by atoms with van der Waals surface area (Å²) in [6.07, 6.45) is -0.953. The van der Waals surface area contributed by atoms with Crippen molar-refractivity contribution in [2.75, 3.05) is 11.5 Å². The highest BCUT2D eigenvalue weighted by Crippen LogP contribution is 2.40. The Morgan fingerprint density at radius 3 is 2.48 bits per heavy atom. The van der Waals surface area contributed by atoms with Crippen LogP contribution in [0, 0.1) is 0 Å².